The fraction of sp³-hybridized carbons (Fsp3) is 1.00. The maximum Gasteiger partial charge on any atom is 0.0796 e. The van der Waals surface area contributed by atoms with Crippen LogP contribution < -0.4 is 0 Å². The Hall–Kier alpha value is -0.280. The van der Waals surface area contributed by atoms with Crippen molar-refractivity contribution in [1.82, 2.24) is 4.90 Å². The molecule has 5 unspecified atom stereocenters. The minimum Gasteiger partial charge on any atom is -0.396 e. The van der Waals surface area contributed by atoms with Crippen molar-refractivity contribution in [2.45, 2.75) is 68.7 Å². The number of ether oxygens (including phenoxy) is 2. The quantitative estimate of drug-likeness (QED) is 0.499. The van der Waals surface area contributed by atoms with Crippen LogP contribution in [0.25, 0.3) is 0 Å². The van der Waals surface area contributed by atoms with Gasteiger partial charge in [-0.2, -0.15) is 0 Å². The summed E-state index contributed by atoms with van der Waals surface area (Å²) < 4.78 is 12.0. The highest BCUT2D eigenvalue weighted by atomic mass is 16.5. The molecule has 6 aliphatic rings. The predicted octanol–water partition coefficient (Wildman–Crippen LogP) is -0.152. The van der Waals surface area contributed by atoms with Crippen LogP contribution in [0, 0.1) is 40.4 Å². The lowest BCUT2D eigenvalue weighted by molar-refractivity contribution is -0.271. The van der Waals surface area contributed by atoms with Crippen LogP contribution in [0.5, 0.6) is 0 Å². The van der Waals surface area contributed by atoms with E-state index in [9.17, 15) is 20.4 Å². The van der Waals surface area contributed by atoms with Gasteiger partial charge in [-0.3, -0.25) is 4.90 Å². The Morgan fingerprint density at radius 3 is 2.53 bits per heavy atom. The van der Waals surface area contributed by atoms with Gasteiger partial charge in [0.25, 0.3) is 0 Å². The molecule has 7 heteroatoms. The van der Waals surface area contributed by atoms with Crippen molar-refractivity contribution < 1.29 is 29.9 Å². The maximum absolute atomic E-state index is 12.4. The second-order valence-electron chi connectivity index (χ2n) is 11.3. The first kappa shape index (κ1) is 20.3. The van der Waals surface area contributed by atoms with E-state index in [1.54, 1.807) is 14.2 Å². The summed E-state index contributed by atoms with van der Waals surface area (Å²) in [5.74, 6) is -0.480. The van der Waals surface area contributed by atoms with Crippen LogP contribution in [-0.2, 0) is 9.47 Å². The molecule has 0 aromatic carbocycles. The number of rotatable bonds is 4. The highest BCUT2D eigenvalue weighted by molar-refractivity contribution is 5.35. The average molecular weight is 424 g/mol. The van der Waals surface area contributed by atoms with Crippen LogP contribution in [0.1, 0.15) is 32.6 Å². The summed E-state index contributed by atoms with van der Waals surface area (Å²) in [7, 11) is 3.40. The van der Waals surface area contributed by atoms with Crippen LogP contribution in [0.15, 0.2) is 0 Å². The summed E-state index contributed by atoms with van der Waals surface area (Å²) in [6.45, 7) is 3.81. The van der Waals surface area contributed by atoms with E-state index in [0.717, 1.165) is 25.9 Å². The monoisotopic (exact) mass is 423 g/mol. The summed E-state index contributed by atoms with van der Waals surface area (Å²) in [5.41, 5.74) is -1.89. The molecule has 5 aliphatic carbocycles. The molecule has 0 amide bonds. The van der Waals surface area contributed by atoms with Crippen LogP contribution in [0.4, 0.5) is 0 Å². The molecule has 30 heavy (non-hydrogen) atoms. The largest absolute Gasteiger partial charge is 0.396 e. The lowest BCUT2D eigenvalue weighted by Crippen LogP contribution is -2.76. The van der Waals surface area contributed by atoms with Crippen molar-refractivity contribution in [1.29, 1.82) is 0 Å². The third-order valence-electron chi connectivity index (χ3n) is 11.0. The average Bonchev–Trinajstić information content (AvgIpc) is 3.15. The first-order valence-electron chi connectivity index (χ1n) is 11.8. The molecule has 4 N–H and O–H groups in total. The minimum atomic E-state index is -1.09. The second-order valence-corrected chi connectivity index (χ2v) is 11.3. The van der Waals surface area contributed by atoms with Crippen molar-refractivity contribution in [2.24, 2.45) is 40.4 Å². The normalized spacial score (nSPS) is 63.3. The summed E-state index contributed by atoms with van der Waals surface area (Å²) in [4.78, 5) is 2.42. The van der Waals surface area contributed by atoms with E-state index in [-0.39, 0.29) is 59.9 Å². The molecule has 170 valence electrons. The number of hydrogen-bond acceptors (Lipinski definition) is 7. The smallest absolute Gasteiger partial charge is 0.0796 e. The van der Waals surface area contributed by atoms with Gasteiger partial charge < -0.3 is 29.9 Å². The number of nitrogens with zero attached hydrogens (tertiary/aromatic N) is 1. The van der Waals surface area contributed by atoms with E-state index in [1.807, 2.05) is 0 Å². The molecule has 6 fully saturated rings. The summed E-state index contributed by atoms with van der Waals surface area (Å²) >= 11 is 0. The Kier molecular flexibility index (Phi) is 4.19. The van der Waals surface area contributed by atoms with Gasteiger partial charge in [0.15, 0.2) is 0 Å². The van der Waals surface area contributed by atoms with Gasteiger partial charge in [0.2, 0.25) is 0 Å². The standard InChI is InChI=1S/C23H37NO6/c1-4-24-9-21(10-25)6-5-14(26)23-12-7-11-13(29-2)8-22(28,15(12)17(11)27)16(20(23)24)18(30-3)19(21)23/h11-20,25-28H,4-10H2,1-3H3/t11-,12-,13+,14?,15-,16?,17+,18?,19-,20?,21+,22-,23?/m1/s1. The Labute approximate surface area is 178 Å². The maximum atomic E-state index is 12.4. The number of fused-ring (bicyclic) bond motifs is 2. The molecular formula is C23H37NO6. The number of piperidine rings is 1. The third kappa shape index (κ3) is 1.88. The van der Waals surface area contributed by atoms with Crippen LogP contribution in [0.2, 0.25) is 0 Å². The van der Waals surface area contributed by atoms with Gasteiger partial charge >= 0.3 is 0 Å². The SMILES string of the molecule is CCN1C[C@]2(CO)CCC(O)C34C1C(C(OC)[C@@H]32)[C@@]1(O)C[C@H](OC)[C@H]2C[C@@H]4[C@@H]1[C@H]2O. The van der Waals surface area contributed by atoms with Gasteiger partial charge in [-0.25, -0.2) is 0 Å². The Morgan fingerprint density at radius 1 is 1.13 bits per heavy atom. The Balaban J connectivity index is 1.64. The van der Waals surface area contributed by atoms with E-state index in [1.165, 1.54) is 0 Å². The number of hydrogen-bond donors (Lipinski definition) is 4. The topological polar surface area (TPSA) is 103 Å². The van der Waals surface area contributed by atoms with Gasteiger partial charge in [0, 0.05) is 67.7 Å². The lowest BCUT2D eigenvalue weighted by atomic mass is 9.43. The van der Waals surface area contributed by atoms with E-state index >= 15 is 0 Å². The molecular weight excluding hydrogens is 386 g/mol. The molecule has 0 aromatic heterocycles. The van der Waals surface area contributed by atoms with Crippen molar-refractivity contribution in [3.8, 4) is 0 Å². The van der Waals surface area contributed by atoms with Crippen molar-refractivity contribution >= 4 is 0 Å². The Morgan fingerprint density at radius 2 is 1.90 bits per heavy atom. The molecule has 7 bridgehead atoms. The molecule has 0 aromatic rings. The number of likely N-dealkylation sites (tertiary alicyclic amines) is 1. The molecule has 1 heterocycles. The van der Waals surface area contributed by atoms with Crippen LogP contribution >= 0.6 is 0 Å². The summed E-state index contributed by atoms with van der Waals surface area (Å²) in [6.07, 6.45) is 1.16. The number of methoxy groups -OCH3 is 2. The van der Waals surface area contributed by atoms with E-state index in [0.29, 0.717) is 12.8 Å². The first-order valence-corrected chi connectivity index (χ1v) is 11.8. The summed E-state index contributed by atoms with van der Waals surface area (Å²) in [5, 5.41) is 46.2. The van der Waals surface area contributed by atoms with Crippen molar-refractivity contribution in [3.63, 3.8) is 0 Å². The minimum absolute atomic E-state index is 0.000214. The summed E-state index contributed by atoms with van der Waals surface area (Å²) in [6, 6.07) is 0.000214. The highest BCUT2D eigenvalue weighted by Gasteiger charge is 2.86. The molecule has 1 spiro atoms. The molecule has 7 nitrogen and oxygen atoms in total. The molecule has 5 saturated carbocycles. The first-order chi connectivity index (χ1) is 14.4. The third-order valence-corrected chi connectivity index (χ3v) is 11.0. The Bertz CT molecular complexity index is 736. The van der Waals surface area contributed by atoms with Gasteiger partial charge in [-0.15, -0.1) is 0 Å². The zero-order valence-electron chi connectivity index (χ0n) is 18.3. The number of aliphatic hydroxyl groups excluding tert-OH is 3. The van der Waals surface area contributed by atoms with Crippen molar-refractivity contribution in [3.05, 3.63) is 0 Å². The highest BCUT2D eigenvalue weighted by Crippen LogP contribution is 2.79. The van der Waals surface area contributed by atoms with E-state index in [4.69, 9.17) is 9.47 Å². The second kappa shape index (κ2) is 6.19. The van der Waals surface area contributed by atoms with Gasteiger partial charge in [0.05, 0.1) is 36.6 Å². The fourth-order valence-electron chi connectivity index (χ4n) is 10.4. The van der Waals surface area contributed by atoms with E-state index < -0.39 is 23.2 Å². The zero-order chi connectivity index (χ0) is 21.2. The lowest BCUT2D eigenvalue weighted by Gasteiger charge is -2.68. The predicted molar refractivity (Wildman–Crippen MR) is 107 cm³/mol. The molecule has 1 aliphatic heterocycles. The van der Waals surface area contributed by atoms with Crippen LogP contribution in [-0.4, -0.2) is 95.3 Å². The van der Waals surface area contributed by atoms with Gasteiger partial charge in [-0.1, -0.05) is 6.92 Å². The van der Waals surface area contributed by atoms with Gasteiger partial charge in [0.1, 0.15) is 0 Å². The van der Waals surface area contributed by atoms with E-state index in [2.05, 4.69) is 11.8 Å². The molecule has 0 radical (unpaired) electrons. The van der Waals surface area contributed by atoms with Gasteiger partial charge in [-0.05, 0) is 31.7 Å². The fourth-order valence-corrected chi connectivity index (χ4v) is 10.4. The molecule has 6 rings (SSSR count). The zero-order valence-corrected chi connectivity index (χ0v) is 18.3. The van der Waals surface area contributed by atoms with Crippen LogP contribution in [0.3, 0.4) is 0 Å². The van der Waals surface area contributed by atoms with Crippen molar-refractivity contribution in [2.75, 3.05) is 33.9 Å². The number of aliphatic hydroxyl groups is 4. The molecule has 1 saturated heterocycles. The molecule has 13 atom stereocenters.